The van der Waals surface area contributed by atoms with Crippen molar-refractivity contribution in [2.75, 3.05) is 18.0 Å². The molecular weight excluding hydrogens is 296 g/mol. The van der Waals surface area contributed by atoms with Gasteiger partial charge in [0, 0.05) is 18.5 Å². The number of hydrogen-bond acceptors (Lipinski definition) is 3. The summed E-state index contributed by atoms with van der Waals surface area (Å²) >= 11 is 0. The second kappa shape index (κ2) is 5.69. The molecule has 23 heavy (non-hydrogen) atoms. The monoisotopic (exact) mass is 317 g/mol. The first kappa shape index (κ1) is 14.8. The number of aromatic nitrogens is 2. The molecule has 1 aromatic heterocycles. The van der Waals surface area contributed by atoms with Crippen LogP contribution in [0.4, 0.5) is 14.6 Å². The van der Waals surface area contributed by atoms with Crippen LogP contribution in [-0.4, -0.2) is 23.1 Å². The molecule has 3 nitrogen and oxygen atoms in total. The summed E-state index contributed by atoms with van der Waals surface area (Å²) in [6.07, 6.45) is 4.99. The molecule has 5 heteroatoms. The number of alkyl halides is 2. The van der Waals surface area contributed by atoms with Crippen LogP contribution in [0.15, 0.2) is 24.3 Å². The Morgan fingerprint density at radius 3 is 2.35 bits per heavy atom. The first-order chi connectivity index (χ1) is 11.2. The Balaban J connectivity index is 1.68. The predicted octanol–water partition coefficient (Wildman–Crippen LogP) is 4.73. The standard InChI is InChI=1S/C18H21F2N3/c19-15(20)16-21-14-6-2-1-5-13(14)17(22-16)23-11-9-18(10-12-23)7-3-4-8-18/h1-2,5-6,15H,3-4,7-12H2. The van der Waals surface area contributed by atoms with E-state index in [1.807, 2.05) is 18.2 Å². The van der Waals surface area contributed by atoms with E-state index in [0.717, 1.165) is 31.3 Å². The van der Waals surface area contributed by atoms with Gasteiger partial charge in [0.2, 0.25) is 0 Å². The average Bonchev–Trinajstić information content (AvgIpc) is 3.03. The minimum absolute atomic E-state index is 0.361. The van der Waals surface area contributed by atoms with Gasteiger partial charge in [-0.2, -0.15) is 0 Å². The second-order valence-corrected chi connectivity index (χ2v) is 6.92. The number of fused-ring (bicyclic) bond motifs is 1. The molecule has 0 radical (unpaired) electrons. The van der Waals surface area contributed by atoms with Crippen molar-refractivity contribution < 1.29 is 8.78 Å². The normalized spacial score (nSPS) is 20.7. The molecule has 2 aliphatic rings. The third-order valence-corrected chi connectivity index (χ3v) is 5.58. The van der Waals surface area contributed by atoms with Crippen LogP contribution in [0.1, 0.15) is 50.8 Å². The van der Waals surface area contributed by atoms with Crippen LogP contribution >= 0.6 is 0 Å². The molecule has 1 saturated heterocycles. The van der Waals surface area contributed by atoms with Gasteiger partial charge in [0.25, 0.3) is 6.43 Å². The molecule has 4 rings (SSSR count). The van der Waals surface area contributed by atoms with Crippen LogP contribution in [0.3, 0.4) is 0 Å². The van der Waals surface area contributed by atoms with Gasteiger partial charge >= 0.3 is 0 Å². The maximum atomic E-state index is 13.1. The highest BCUT2D eigenvalue weighted by atomic mass is 19.3. The van der Waals surface area contributed by atoms with E-state index < -0.39 is 6.43 Å². The van der Waals surface area contributed by atoms with Gasteiger partial charge in [-0.3, -0.25) is 0 Å². The zero-order valence-electron chi connectivity index (χ0n) is 13.1. The van der Waals surface area contributed by atoms with E-state index in [-0.39, 0.29) is 5.82 Å². The second-order valence-electron chi connectivity index (χ2n) is 6.92. The Morgan fingerprint density at radius 2 is 1.65 bits per heavy atom. The lowest BCUT2D eigenvalue weighted by atomic mass is 9.77. The number of rotatable bonds is 2. The van der Waals surface area contributed by atoms with Crippen LogP contribution in [-0.2, 0) is 0 Å². The Morgan fingerprint density at radius 1 is 0.957 bits per heavy atom. The summed E-state index contributed by atoms with van der Waals surface area (Å²) in [4.78, 5) is 10.4. The van der Waals surface area contributed by atoms with Crippen LogP contribution in [0.25, 0.3) is 10.9 Å². The van der Waals surface area contributed by atoms with E-state index in [9.17, 15) is 8.78 Å². The predicted molar refractivity (Wildman–Crippen MR) is 86.8 cm³/mol. The molecule has 122 valence electrons. The van der Waals surface area contributed by atoms with Crippen molar-refractivity contribution in [3.63, 3.8) is 0 Å². The van der Waals surface area contributed by atoms with Gasteiger partial charge in [0.05, 0.1) is 5.52 Å². The third-order valence-electron chi connectivity index (χ3n) is 5.58. The summed E-state index contributed by atoms with van der Waals surface area (Å²) in [6, 6.07) is 7.46. The third kappa shape index (κ3) is 2.66. The molecular formula is C18H21F2N3. The highest BCUT2D eigenvalue weighted by molar-refractivity contribution is 5.89. The number of hydrogen-bond donors (Lipinski definition) is 0. The molecule has 1 spiro atoms. The average molecular weight is 317 g/mol. The van der Waals surface area contributed by atoms with Crippen LogP contribution < -0.4 is 4.90 Å². The zero-order valence-corrected chi connectivity index (χ0v) is 13.1. The molecule has 1 aliphatic heterocycles. The number of nitrogens with zero attached hydrogens (tertiary/aromatic N) is 3. The molecule has 2 fully saturated rings. The van der Waals surface area contributed by atoms with Crippen LogP contribution in [0, 0.1) is 5.41 Å². The Kier molecular flexibility index (Phi) is 3.66. The number of anilines is 1. The summed E-state index contributed by atoms with van der Waals surface area (Å²) in [7, 11) is 0. The van der Waals surface area contributed by atoms with Gasteiger partial charge in [-0.15, -0.1) is 0 Å². The number of para-hydroxylation sites is 1. The number of benzene rings is 1. The van der Waals surface area contributed by atoms with Crippen molar-refractivity contribution in [3.8, 4) is 0 Å². The Hall–Kier alpha value is -1.78. The van der Waals surface area contributed by atoms with Gasteiger partial charge in [0.15, 0.2) is 5.82 Å². The first-order valence-electron chi connectivity index (χ1n) is 8.47. The van der Waals surface area contributed by atoms with Gasteiger partial charge in [-0.1, -0.05) is 25.0 Å². The van der Waals surface area contributed by atoms with E-state index >= 15 is 0 Å². The largest absolute Gasteiger partial charge is 0.356 e. The topological polar surface area (TPSA) is 29.0 Å². The van der Waals surface area contributed by atoms with Crippen LogP contribution in [0.5, 0.6) is 0 Å². The molecule has 2 heterocycles. The molecule has 0 bridgehead atoms. The van der Waals surface area contributed by atoms with Crippen molar-refractivity contribution in [3.05, 3.63) is 30.1 Å². The Bertz CT molecular complexity index is 700. The SMILES string of the molecule is FC(F)c1nc(N2CCC3(CCCC3)CC2)c2ccccc2n1. The maximum absolute atomic E-state index is 13.1. The lowest BCUT2D eigenvalue weighted by molar-refractivity contribution is 0.140. The van der Waals surface area contributed by atoms with Gasteiger partial charge in [-0.25, -0.2) is 18.7 Å². The summed E-state index contributed by atoms with van der Waals surface area (Å²) in [5, 5.41) is 0.874. The Labute approximate surface area is 134 Å². The van der Waals surface area contributed by atoms with Gasteiger partial charge in [-0.05, 0) is 43.2 Å². The van der Waals surface area contributed by atoms with E-state index in [1.54, 1.807) is 6.07 Å². The molecule has 0 atom stereocenters. The maximum Gasteiger partial charge on any atom is 0.297 e. The fraction of sp³-hybridized carbons (Fsp3) is 0.556. The minimum Gasteiger partial charge on any atom is -0.356 e. The van der Waals surface area contributed by atoms with Crippen molar-refractivity contribution in [2.24, 2.45) is 5.41 Å². The lowest BCUT2D eigenvalue weighted by Gasteiger charge is -2.40. The molecule has 1 saturated carbocycles. The van der Waals surface area contributed by atoms with Crippen molar-refractivity contribution in [2.45, 2.75) is 45.0 Å². The van der Waals surface area contributed by atoms with Crippen molar-refractivity contribution in [1.29, 1.82) is 0 Å². The fourth-order valence-corrected chi connectivity index (χ4v) is 4.23. The molecule has 0 N–H and O–H groups in total. The quantitative estimate of drug-likeness (QED) is 0.802. The van der Waals surface area contributed by atoms with E-state index in [2.05, 4.69) is 14.9 Å². The summed E-state index contributed by atoms with van der Waals surface area (Å²) < 4.78 is 26.3. The highest BCUT2D eigenvalue weighted by Crippen LogP contribution is 2.47. The molecule has 0 unspecified atom stereocenters. The van der Waals surface area contributed by atoms with E-state index in [4.69, 9.17) is 0 Å². The molecule has 1 aliphatic carbocycles. The lowest BCUT2D eigenvalue weighted by Crippen LogP contribution is -2.39. The van der Waals surface area contributed by atoms with Crippen molar-refractivity contribution in [1.82, 2.24) is 9.97 Å². The van der Waals surface area contributed by atoms with E-state index in [0.29, 0.717) is 16.7 Å². The summed E-state index contributed by atoms with van der Waals surface area (Å²) in [5.41, 5.74) is 1.11. The zero-order chi connectivity index (χ0) is 15.9. The molecule has 1 aromatic carbocycles. The summed E-state index contributed by atoms with van der Waals surface area (Å²) in [5.74, 6) is 0.318. The minimum atomic E-state index is -2.63. The number of piperidine rings is 1. The summed E-state index contributed by atoms with van der Waals surface area (Å²) in [6.45, 7) is 1.81. The first-order valence-corrected chi connectivity index (χ1v) is 8.47. The number of halogens is 2. The van der Waals surface area contributed by atoms with Gasteiger partial charge < -0.3 is 4.90 Å². The van der Waals surface area contributed by atoms with Crippen LogP contribution in [0.2, 0.25) is 0 Å². The van der Waals surface area contributed by atoms with Crippen molar-refractivity contribution >= 4 is 16.7 Å². The molecule has 0 amide bonds. The molecule has 2 aromatic rings. The highest BCUT2D eigenvalue weighted by Gasteiger charge is 2.37. The fourth-order valence-electron chi connectivity index (χ4n) is 4.23. The smallest absolute Gasteiger partial charge is 0.297 e. The van der Waals surface area contributed by atoms with Gasteiger partial charge in [0.1, 0.15) is 5.82 Å². The van der Waals surface area contributed by atoms with E-state index in [1.165, 1.54) is 25.7 Å².